The summed E-state index contributed by atoms with van der Waals surface area (Å²) < 4.78 is 6.40. The molecule has 0 amide bonds. The van der Waals surface area contributed by atoms with E-state index in [9.17, 15) is 9.90 Å². The Kier molecular flexibility index (Phi) is 3.92. The molecule has 2 N–H and O–H groups in total. The first-order valence-corrected chi connectivity index (χ1v) is 6.74. The molecule has 18 heavy (non-hydrogen) atoms. The number of aliphatic carboxylic acids is 1. The first-order valence-electron chi connectivity index (χ1n) is 5.94. The van der Waals surface area contributed by atoms with Crippen molar-refractivity contribution >= 4 is 27.6 Å². The fourth-order valence-electron chi connectivity index (χ4n) is 2.21. The Labute approximate surface area is 114 Å². The van der Waals surface area contributed by atoms with Crippen LogP contribution < -0.4 is 5.32 Å². The van der Waals surface area contributed by atoms with Gasteiger partial charge in [0, 0.05) is 29.6 Å². The summed E-state index contributed by atoms with van der Waals surface area (Å²) in [6, 6.07) is 7.50. The number of halogens is 1. The van der Waals surface area contributed by atoms with Gasteiger partial charge in [-0.2, -0.15) is 0 Å². The quantitative estimate of drug-likeness (QED) is 0.877. The largest absolute Gasteiger partial charge is 0.480 e. The van der Waals surface area contributed by atoms with Crippen LogP contribution >= 0.6 is 15.9 Å². The molecule has 1 aliphatic rings. The van der Waals surface area contributed by atoms with Crippen LogP contribution in [0.1, 0.15) is 19.8 Å². The van der Waals surface area contributed by atoms with Crippen LogP contribution in [0.5, 0.6) is 0 Å². The SMILES string of the molecule is CCOC1CC(Nc2ccc(Br)cc2)(C(=O)O)C1. The molecule has 2 rings (SSSR count). The molecule has 0 heterocycles. The van der Waals surface area contributed by atoms with Gasteiger partial charge in [0.2, 0.25) is 0 Å². The first kappa shape index (κ1) is 13.4. The number of hydrogen-bond donors (Lipinski definition) is 2. The Balaban J connectivity index is 2.05. The minimum atomic E-state index is -0.881. The molecule has 1 aliphatic carbocycles. The van der Waals surface area contributed by atoms with E-state index in [0.29, 0.717) is 19.4 Å². The molecule has 0 bridgehead atoms. The van der Waals surface area contributed by atoms with Crippen molar-refractivity contribution in [1.82, 2.24) is 0 Å². The number of hydrogen-bond acceptors (Lipinski definition) is 3. The van der Waals surface area contributed by atoms with Gasteiger partial charge in [-0.3, -0.25) is 0 Å². The summed E-state index contributed by atoms with van der Waals surface area (Å²) in [7, 11) is 0. The Hall–Kier alpha value is -1.07. The lowest BCUT2D eigenvalue weighted by Crippen LogP contribution is -2.59. The summed E-state index contributed by atoms with van der Waals surface area (Å²) in [5.41, 5.74) is -0.0660. The van der Waals surface area contributed by atoms with Crippen molar-refractivity contribution in [2.24, 2.45) is 0 Å². The number of rotatable bonds is 5. The van der Waals surface area contributed by atoms with Crippen molar-refractivity contribution in [3.63, 3.8) is 0 Å². The Morgan fingerprint density at radius 3 is 2.61 bits per heavy atom. The van der Waals surface area contributed by atoms with E-state index in [4.69, 9.17) is 4.74 Å². The third-order valence-corrected chi connectivity index (χ3v) is 3.72. The molecule has 0 aromatic heterocycles. The highest BCUT2D eigenvalue weighted by Gasteiger charge is 2.51. The van der Waals surface area contributed by atoms with Gasteiger partial charge in [-0.15, -0.1) is 0 Å². The third-order valence-electron chi connectivity index (χ3n) is 3.19. The van der Waals surface area contributed by atoms with E-state index >= 15 is 0 Å². The first-order chi connectivity index (χ1) is 8.55. The van der Waals surface area contributed by atoms with Gasteiger partial charge in [0.05, 0.1) is 6.10 Å². The second-order valence-corrected chi connectivity index (χ2v) is 5.42. The van der Waals surface area contributed by atoms with Crippen molar-refractivity contribution in [1.29, 1.82) is 0 Å². The van der Waals surface area contributed by atoms with Crippen molar-refractivity contribution < 1.29 is 14.6 Å². The van der Waals surface area contributed by atoms with Crippen molar-refractivity contribution in [3.8, 4) is 0 Å². The molecule has 0 radical (unpaired) electrons. The lowest BCUT2D eigenvalue weighted by molar-refractivity contribution is -0.152. The molecule has 98 valence electrons. The zero-order valence-electron chi connectivity index (χ0n) is 10.1. The molecule has 0 aliphatic heterocycles. The summed E-state index contributed by atoms with van der Waals surface area (Å²) >= 11 is 3.35. The van der Waals surface area contributed by atoms with Crippen molar-refractivity contribution in [2.75, 3.05) is 11.9 Å². The van der Waals surface area contributed by atoms with E-state index < -0.39 is 11.5 Å². The van der Waals surface area contributed by atoms with Gasteiger partial charge >= 0.3 is 5.97 Å². The fraction of sp³-hybridized carbons (Fsp3) is 0.462. The van der Waals surface area contributed by atoms with Crippen LogP contribution in [0, 0.1) is 0 Å². The molecule has 0 saturated heterocycles. The lowest BCUT2D eigenvalue weighted by atomic mass is 9.74. The van der Waals surface area contributed by atoms with Gasteiger partial charge in [-0.25, -0.2) is 4.79 Å². The van der Waals surface area contributed by atoms with E-state index in [1.807, 2.05) is 31.2 Å². The van der Waals surface area contributed by atoms with E-state index in [1.54, 1.807) is 0 Å². The van der Waals surface area contributed by atoms with Crippen LogP contribution in [0.2, 0.25) is 0 Å². The Bertz CT molecular complexity index is 426. The van der Waals surface area contributed by atoms with E-state index in [2.05, 4.69) is 21.2 Å². The van der Waals surface area contributed by atoms with Crippen LogP contribution in [0.15, 0.2) is 28.7 Å². The van der Waals surface area contributed by atoms with Gasteiger partial charge in [-0.05, 0) is 31.2 Å². The monoisotopic (exact) mass is 313 g/mol. The number of carboxylic acids is 1. The van der Waals surface area contributed by atoms with Gasteiger partial charge < -0.3 is 15.2 Å². The summed E-state index contributed by atoms with van der Waals surface area (Å²) in [5.74, 6) is -0.818. The molecular formula is C13H16BrNO3. The number of ether oxygens (including phenoxy) is 1. The number of anilines is 1. The average Bonchev–Trinajstić information content (AvgIpc) is 2.28. The molecule has 4 nitrogen and oxygen atoms in total. The van der Waals surface area contributed by atoms with Gasteiger partial charge in [0.25, 0.3) is 0 Å². The summed E-state index contributed by atoms with van der Waals surface area (Å²) in [6.45, 7) is 2.54. The average molecular weight is 314 g/mol. The van der Waals surface area contributed by atoms with Crippen molar-refractivity contribution in [3.05, 3.63) is 28.7 Å². The second kappa shape index (κ2) is 5.28. The highest BCUT2D eigenvalue weighted by Crippen LogP contribution is 2.38. The molecular weight excluding hydrogens is 298 g/mol. The summed E-state index contributed by atoms with van der Waals surface area (Å²) in [4.78, 5) is 11.4. The maximum absolute atomic E-state index is 11.4. The van der Waals surface area contributed by atoms with Gasteiger partial charge in [0.15, 0.2) is 0 Å². The third kappa shape index (κ3) is 2.67. The standard InChI is InChI=1S/C13H16BrNO3/c1-2-18-11-7-13(8-11,12(16)17)15-10-5-3-9(14)4-6-10/h3-6,11,15H,2,7-8H2,1H3,(H,16,17). The predicted octanol–water partition coefficient (Wildman–Crippen LogP) is 2.88. The molecule has 1 aromatic carbocycles. The molecule has 0 spiro atoms. The molecule has 1 fully saturated rings. The normalized spacial score (nSPS) is 26.4. The highest BCUT2D eigenvalue weighted by atomic mass is 79.9. The molecule has 5 heteroatoms. The molecule has 1 saturated carbocycles. The highest BCUT2D eigenvalue weighted by molar-refractivity contribution is 9.10. The minimum absolute atomic E-state index is 0.0500. The zero-order valence-corrected chi connectivity index (χ0v) is 11.7. The zero-order chi connectivity index (χ0) is 13.2. The smallest absolute Gasteiger partial charge is 0.329 e. The van der Waals surface area contributed by atoms with Crippen LogP contribution in [-0.2, 0) is 9.53 Å². The topological polar surface area (TPSA) is 58.6 Å². The number of benzene rings is 1. The van der Waals surface area contributed by atoms with Crippen LogP contribution in [0.25, 0.3) is 0 Å². The van der Waals surface area contributed by atoms with Crippen LogP contribution in [-0.4, -0.2) is 29.3 Å². The van der Waals surface area contributed by atoms with E-state index in [0.717, 1.165) is 10.2 Å². The van der Waals surface area contributed by atoms with Crippen LogP contribution in [0.3, 0.4) is 0 Å². The van der Waals surface area contributed by atoms with Crippen molar-refractivity contribution in [2.45, 2.75) is 31.4 Å². The Morgan fingerprint density at radius 2 is 2.11 bits per heavy atom. The molecule has 0 unspecified atom stereocenters. The number of carbonyl (C=O) groups is 1. The summed E-state index contributed by atoms with van der Waals surface area (Å²) in [5, 5.41) is 12.5. The maximum atomic E-state index is 11.4. The predicted molar refractivity (Wildman–Crippen MR) is 72.8 cm³/mol. The van der Waals surface area contributed by atoms with E-state index in [1.165, 1.54) is 0 Å². The van der Waals surface area contributed by atoms with E-state index in [-0.39, 0.29) is 6.10 Å². The Morgan fingerprint density at radius 1 is 1.50 bits per heavy atom. The summed E-state index contributed by atoms with van der Waals surface area (Å²) in [6.07, 6.45) is 1.06. The minimum Gasteiger partial charge on any atom is -0.480 e. The van der Waals surface area contributed by atoms with Crippen LogP contribution in [0.4, 0.5) is 5.69 Å². The van der Waals surface area contributed by atoms with Gasteiger partial charge in [-0.1, -0.05) is 15.9 Å². The van der Waals surface area contributed by atoms with Gasteiger partial charge in [0.1, 0.15) is 5.54 Å². The lowest BCUT2D eigenvalue weighted by Gasteiger charge is -2.44. The second-order valence-electron chi connectivity index (χ2n) is 4.50. The molecule has 1 aromatic rings. The number of carboxylic acid groups (broad SMARTS) is 1. The number of nitrogens with one attached hydrogen (secondary N) is 1. The fourth-order valence-corrected chi connectivity index (χ4v) is 2.48. The maximum Gasteiger partial charge on any atom is 0.329 e. The molecule has 0 atom stereocenters.